The van der Waals surface area contributed by atoms with Gasteiger partial charge in [-0.3, -0.25) is 24.5 Å². The maximum absolute atomic E-state index is 12.7. The lowest BCUT2D eigenvalue weighted by molar-refractivity contribution is -0.136. The fraction of sp³-hybridized carbons (Fsp3) is 0.545. The van der Waals surface area contributed by atoms with Crippen LogP contribution < -0.4 is 10.6 Å². The second kappa shape index (κ2) is 7.97. The molecule has 0 spiro atoms. The van der Waals surface area contributed by atoms with E-state index < -0.39 is 11.9 Å². The van der Waals surface area contributed by atoms with Gasteiger partial charge in [0.05, 0.1) is 0 Å². The second-order valence-electron chi connectivity index (χ2n) is 8.43. The van der Waals surface area contributed by atoms with E-state index in [0.717, 1.165) is 18.4 Å². The normalized spacial score (nSPS) is 23.6. The summed E-state index contributed by atoms with van der Waals surface area (Å²) in [4.78, 5) is 50.5. The van der Waals surface area contributed by atoms with Crippen molar-refractivity contribution in [3.8, 4) is 0 Å². The van der Waals surface area contributed by atoms with Gasteiger partial charge in [0.2, 0.25) is 11.8 Å². The molecule has 2 unspecified atom stereocenters. The molecule has 2 N–H and O–H groups in total. The molecule has 1 aliphatic carbocycles. The molecule has 2 fully saturated rings. The summed E-state index contributed by atoms with van der Waals surface area (Å²) in [5.74, 6) is -0.565. The van der Waals surface area contributed by atoms with Gasteiger partial charge in [-0.25, -0.2) is 0 Å². The third-order valence-electron chi connectivity index (χ3n) is 6.50. The Morgan fingerprint density at radius 1 is 1.14 bits per heavy atom. The molecule has 3 aliphatic rings. The van der Waals surface area contributed by atoms with Crippen molar-refractivity contribution in [2.45, 2.75) is 70.5 Å². The highest BCUT2D eigenvalue weighted by atomic mass is 16.2. The van der Waals surface area contributed by atoms with Crippen LogP contribution in [-0.4, -0.2) is 40.6 Å². The molecule has 1 saturated heterocycles. The van der Waals surface area contributed by atoms with Gasteiger partial charge in [-0.1, -0.05) is 19.3 Å². The van der Waals surface area contributed by atoms with Crippen LogP contribution in [0, 0.1) is 5.92 Å². The van der Waals surface area contributed by atoms with E-state index in [1.54, 1.807) is 18.2 Å². The molecule has 7 nitrogen and oxygen atoms in total. The monoisotopic (exact) mass is 397 g/mol. The maximum atomic E-state index is 12.7. The second-order valence-corrected chi connectivity index (χ2v) is 8.43. The van der Waals surface area contributed by atoms with Crippen molar-refractivity contribution >= 4 is 23.6 Å². The first-order valence-electron chi connectivity index (χ1n) is 10.5. The first-order chi connectivity index (χ1) is 13.9. The largest absolute Gasteiger partial charge is 0.349 e. The molecule has 0 radical (unpaired) electrons. The molecule has 154 valence electrons. The number of nitrogens with one attached hydrogen (secondary N) is 2. The zero-order chi connectivity index (χ0) is 20.5. The highest BCUT2D eigenvalue weighted by Gasteiger charge is 2.39. The van der Waals surface area contributed by atoms with E-state index in [2.05, 4.69) is 17.6 Å². The number of hydrogen-bond donors (Lipinski definition) is 2. The molecule has 2 atom stereocenters. The topological polar surface area (TPSA) is 95.6 Å². The highest BCUT2D eigenvalue weighted by molar-refractivity contribution is 6.06. The predicted octanol–water partition coefficient (Wildman–Crippen LogP) is 2.15. The fourth-order valence-electron chi connectivity index (χ4n) is 4.76. The quantitative estimate of drug-likeness (QED) is 0.761. The fourth-order valence-corrected chi connectivity index (χ4v) is 4.76. The number of nitrogens with zero attached hydrogens (tertiary/aromatic N) is 1. The number of benzene rings is 1. The van der Waals surface area contributed by atoms with E-state index in [4.69, 9.17) is 0 Å². The first kappa shape index (κ1) is 19.6. The minimum Gasteiger partial charge on any atom is -0.349 e. The Balaban J connectivity index is 1.45. The molecule has 2 aliphatic heterocycles. The van der Waals surface area contributed by atoms with Crippen LogP contribution in [-0.2, 0) is 16.1 Å². The molecule has 0 aromatic heterocycles. The van der Waals surface area contributed by atoms with Crippen LogP contribution in [0.2, 0.25) is 0 Å². The molecule has 1 aromatic carbocycles. The van der Waals surface area contributed by atoms with Gasteiger partial charge in [0, 0.05) is 30.1 Å². The lowest BCUT2D eigenvalue weighted by Crippen LogP contribution is -2.52. The minimum absolute atomic E-state index is 0.123. The molecular formula is C22H27N3O4. The Labute approximate surface area is 170 Å². The number of piperidine rings is 1. The van der Waals surface area contributed by atoms with Crippen molar-refractivity contribution in [2.24, 2.45) is 5.92 Å². The van der Waals surface area contributed by atoms with Crippen molar-refractivity contribution in [3.05, 3.63) is 34.9 Å². The van der Waals surface area contributed by atoms with E-state index in [-0.39, 0.29) is 36.7 Å². The zero-order valence-electron chi connectivity index (χ0n) is 16.7. The molecular weight excluding hydrogens is 370 g/mol. The SMILES string of the molecule is CC(NC(=O)c1ccc2c(c1)CN(C1CCC(=O)NC1=O)C2=O)C1CCCCC1. The van der Waals surface area contributed by atoms with Gasteiger partial charge in [0.25, 0.3) is 11.8 Å². The summed E-state index contributed by atoms with van der Waals surface area (Å²) in [5, 5.41) is 5.42. The van der Waals surface area contributed by atoms with Crippen LogP contribution in [0.15, 0.2) is 18.2 Å². The summed E-state index contributed by atoms with van der Waals surface area (Å²) < 4.78 is 0. The average molecular weight is 397 g/mol. The van der Waals surface area contributed by atoms with Crippen molar-refractivity contribution in [2.75, 3.05) is 0 Å². The molecule has 4 rings (SSSR count). The number of imide groups is 1. The van der Waals surface area contributed by atoms with Crippen LogP contribution in [0.5, 0.6) is 0 Å². The van der Waals surface area contributed by atoms with Crippen molar-refractivity contribution < 1.29 is 19.2 Å². The third-order valence-corrected chi connectivity index (χ3v) is 6.50. The van der Waals surface area contributed by atoms with Gasteiger partial charge in [0.15, 0.2) is 0 Å². The van der Waals surface area contributed by atoms with Crippen LogP contribution in [0.3, 0.4) is 0 Å². The molecule has 1 aromatic rings. The summed E-state index contributed by atoms with van der Waals surface area (Å²) in [6.45, 7) is 2.34. The maximum Gasteiger partial charge on any atom is 0.255 e. The average Bonchev–Trinajstić information content (AvgIpc) is 3.04. The van der Waals surface area contributed by atoms with Gasteiger partial charge in [-0.2, -0.15) is 0 Å². The highest BCUT2D eigenvalue weighted by Crippen LogP contribution is 2.29. The van der Waals surface area contributed by atoms with Gasteiger partial charge in [0.1, 0.15) is 6.04 Å². The molecule has 4 amide bonds. The number of rotatable bonds is 4. The Hall–Kier alpha value is -2.70. The first-order valence-corrected chi connectivity index (χ1v) is 10.5. The van der Waals surface area contributed by atoms with Gasteiger partial charge in [-0.15, -0.1) is 0 Å². The van der Waals surface area contributed by atoms with Gasteiger partial charge >= 0.3 is 0 Å². The van der Waals surface area contributed by atoms with E-state index >= 15 is 0 Å². The Morgan fingerprint density at radius 3 is 2.62 bits per heavy atom. The van der Waals surface area contributed by atoms with E-state index in [9.17, 15) is 19.2 Å². The minimum atomic E-state index is -0.642. The number of amides is 4. The standard InChI is InChI=1S/C22H27N3O4/c1-13(14-5-3-2-4-6-14)23-20(27)15-7-8-17-16(11-15)12-25(22(17)29)18-9-10-19(26)24-21(18)28/h7-8,11,13-14,18H,2-6,9-10,12H2,1H3,(H,23,27)(H,24,26,28). The number of hydrogen-bond acceptors (Lipinski definition) is 4. The van der Waals surface area contributed by atoms with Crippen molar-refractivity contribution in [1.82, 2.24) is 15.5 Å². The molecule has 2 heterocycles. The van der Waals surface area contributed by atoms with Crippen molar-refractivity contribution in [3.63, 3.8) is 0 Å². The van der Waals surface area contributed by atoms with Crippen LogP contribution in [0.4, 0.5) is 0 Å². The Bertz CT molecular complexity index is 860. The van der Waals surface area contributed by atoms with E-state index in [1.807, 2.05) is 0 Å². The van der Waals surface area contributed by atoms with Gasteiger partial charge < -0.3 is 10.2 Å². The Kier molecular flexibility index (Phi) is 5.39. The summed E-state index contributed by atoms with van der Waals surface area (Å²) in [6, 6.07) is 4.58. The van der Waals surface area contributed by atoms with Crippen LogP contribution in [0.1, 0.15) is 78.1 Å². The Morgan fingerprint density at radius 2 is 1.90 bits per heavy atom. The molecule has 0 bridgehead atoms. The van der Waals surface area contributed by atoms with E-state index in [1.165, 1.54) is 24.2 Å². The lowest BCUT2D eigenvalue weighted by atomic mass is 9.84. The summed E-state index contributed by atoms with van der Waals surface area (Å²) in [7, 11) is 0. The molecule has 7 heteroatoms. The molecule has 29 heavy (non-hydrogen) atoms. The van der Waals surface area contributed by atoms with Gasteiger partial charge in [-0.05, 0) is 55.9 Å². The predicted molar refractivity (Wildman–Crippen MR) is 106 cm³/mol. The third kappa shape index (κ3) is 3.91. The van der Waals surface area contributed by atoms with E-state index in [0.29, 0.717) is 23.5 Å². The lowest BCUT2D eigenvalue weighted by Gasteiger charge is -2.29. The summed E-state index contributed by atoms with van der Waals surface area (Å²) in [5.41, 5.74) is 1.80. The van der Waals surface area contributed by atoms with Crippen LogP contribution >= 0.6 is 0 Å². The molecule has 1 saturated carbocycles. The smallest absolute Gasteiger partial charge is 0.255 e. The zero-order valence-corrected chi connectivity index (χ0v) is 16.7. The number of carbonyl (C=O) groups is 4. The summed E-state index contributed by atoms with van der Waals surface area (Å²) in [6.07, 6.45) is 6.59. The van der Waals surface area contributed by atoms with Crippen molar-refractivity contribution in [1.29, 1.82) is 0 Å². The number of carbonyl (C=O) groups excluding carboxylic acids is 4. The summed E-state index contributed by atoms with van der Waals surface area (Å²) >= 11 is 0. The van der Waals surface area contributed by atoms with Crippen LogP contribution in [0.25, 0.3) is 0 Å². The number of fused-ring (bicyclic) bond motifs is 1.